The molecule has 0 atom stereocenters. The zero-order chi connectivity index (χ0) is 23.8. The standard InChI is InChI=1S/C26H20N6O2/c1-15-7-8-20(29-26-30-24(34-31-26)18-6-4-5-17(10-18)13-27)12-21(15)22-11-19-14-28-16(2)9-23(19)32(3)25(22)33/h4-12,14H,1-3H3,(H,29,31). The van der Waals surface area contributed by atoms with Crippen LogP contribution in [-0.2, 0) is 7.05 Å². The van der Waals surface area contributed by atoms with Gasteiger partial charge < -0.3 is 14.4 Å². The molecule has 1 N–H and O–H groups in total. The molecule has 0 saturated carbocycles. The fraction of sp³-hybridized carbons (Fsp3) is 0.115. The molecule has 0 unspecified atom stereocenters. The SMILES string of the molecule is Cc1cc2c(cn1)cc(-c1cc(Nc3noc(-c4cccc(C#N)c4)n3)ccc1C)c(=O)n2C. The first-order chi connectivity index (χ1) is 16.4. The summed E-state index contributed by atoms with van der Waals surface area (Å²) in [7, 11) is 1.77. The van der Waals surface area contributed by atoms with Crippen LogP contribution in [0.15, 0.2) is 70.1 Å². The van der Waals surface area contributed by atoms with E-state index < -0.39 is 0 Å². The van der Waals surface area contributed by atoms with Crippen molar-refractivity contribution in [2.45, 2.75) is 13.8 Å². The summed E-state index contributed by atoms with van der Waals surface area (Å²) in [6.07, 6.45) is 1.78. The largest absolute Gasteiger partial charge is 0.332 e. The van der Waals surface area contributed by atoms with Crippen molar-refractivity contribution in [3.63, 3.8) is 0 Å². The second-order valence-corrected chi connectivity index (χ2v) is 8.08. The van der Waals surface area contributed by atoms with Crippen LogP contribution in [0, 0.1) is 25.2 Å². The van der Waals surface area contributed by atoms with Crippen LogP contribution in [0.2, 0.25) is 0 Å². The van der Waals surface area contributed by atoms with E-state index in [1.807, 2.05) is 44.2 Å². The zero-order valence-electron chi connectivity index (χ0n) is 18.8. The molecule has 0 saturated heterocycles. The van der Waals surface area contributed by atoms with E-state index in [1.54, 1.807) is 42.1 Å². The number of pyridine rings is 2. The van der Waals surface area contributed by atoms with Gasteiger partial charge >= 0.3 is 0 Å². The molecule has 2 aromatic carbocycles. The summed E-state index contributed by atoms with van der Waals surface area (Å²) in [5.41, 5.74) is 5.85. The van der Waals surface area contributed by atoms with Gasteiger partial charge in [-0.2, -0.15) is 10.2 Å². The Morgan fingerprint density at radius 3 is 2.74 bits per heavy atom. The van der Waals surface area contributed by atoms with E-state index in [0.717, 1.165) is 27.7 Å². The first-order valence-corrected chi connectivity index (χ1v) is 10.6. The van der Waals surface area contributed by atoms with Crippen LogP contribution in [0.5, 0.6) is 0 Å². The molecule has 0 spiro atoms. The fourth-order valence-electron chi connectivity index (χ4n) is 3.89. The molecule has 0 bridgehead atoms. The number of fused-ring (bicyclic) bond motifs is 1. The Kier molecular flexibility index (Phi) is 5.15. The van der Waals surface area contributed by atoms with Gasteiger partial charge in [0.1, 0.15) is 0 Å². The van der Waals surface area contributed by atoms with Crippen LogP contribution in [0.25, 0.3) is 33.5 Å². The molecule has 8 nitrogen and oxygen atoms in total. The normalized spacial score (nSPS) is 10.9. The molecule has 5 rings (SSSR count). The third-order valence-corrected chi connectivity index (χ3v) is 5.69. The summed E-state index contributed by atoms with van der Waals surface area (Å²) in [4.78, 5) is 21.9. The van der Waals surface area contributed by atoms with Crippen molar-refractivity contribution >= 4 is 22.5 Å². The smallest absolute Gasteiger partial charge is 0.268 e. The van der Waals surface area contributed by atoms with Crippen molar-refractivity contribution in [2.75, 3.05) is 5.32 Å². The van der Waals surface area contributed by atoms with E-state index in [-0.39, 0.29) is 11.5 Å². The topological polar surface area (TPSA) is 110 Å². The molecular formula is C26H20N6O2. The van der Waals surface area contributed by atoms with E-state index in [0.29, 0.717) is 28.3 Å². The summed E-state index contributed by atoms with van der Waals surface area (Å²) in [6, 6.07) is 18.6. The van der Waals surface area contributed by atoms with Crippen molar-refractivity contribution < 1.29 is 4.52 Å². The molecule has 0 aliphatic rings. The Balaban J connectivity index is 1.51. The van der Waals surface area contributed by atoms with Gasteiger partial charge in [0.2, 0.25) is 0 Å². The molecule has 34 heavy (non-hydrogen) atoms. The lowest BCUT2D eigenvalue weighted by Gasteiger charge is -2.12. The van der Waals surface area contributed by atoms with Gasteiger partial charge in [0.05, 0.1) is 17.1 Å². The average Bonchev–Trinajstić information content (AvgIpc) is 3.31. The third-order valence-electron chi connectivity index (χ3n) is 5.69. The van der Waals surface area contributed by atoms with Crippen LogP contribution >= 0.6 is 0 Å². The maximum atomic E-state index is 13.2. The molecule has 0 aliphatic heterocycles. The minimum Gasteiger partial charge on any atom is -0.332 e. The highest BCUT2D eigenvalue weighted by atomic mass is 16.5. The quantitative estimate of drug-likeness (QED) is 0.417. The van der Waals surface area contributed by atoms with Crippen molar-refractivity contribution in [1.82, 2.24) is 19.7 Å². The third kappa shape index (κ3) is 3.80. The Labute approximate surface area is 195 Å². The molecule has 8 heteroatoms. The highest BCUT2D eigenvalue weighted by molar-refractivity contribution is 5.85. The fourth-order valence-corrected chi connectivity index (χ4v) is 3.89. The van der Waals surface area contributed by atoms with Crippen molar-refractivity contribution in [3.05, 3.63) is 88.0 Å². The maximum absolute atomic E-state index is 13.2. The van der Waals surface area contributed by atoms with Crippen LogP contribution in [0.4, 0.5) is 11.6 Å². The Morgan fingerprint density at radius 2 is 1.91 bits per heavy atom. The number of rotatable bonds is 4. The van der Waals surface area contributed by atoms with E-state index in [1.165, 1.54) is 0 Å². The van der Waals surface area contributed by atoms with E-state index >= 15 is 0 Å². The number of nitrogens with one attached hydrogen (secondary N) is 1. The van der Waals surface area contributed by atoms with Gasteiger partial charge in [-0.3, -0.25) is 9.78 Å². The summed E-state index contributed by atoms with van der Waals surface area (Å²) in [5.74, 6) is 0.580. The minimum atomic E-state index is -0.0856. The average molecular weight is 448 g/mol. The van der Waals surface area contributed by atoms with Gasteiger partial charge in [0.25, 0.3) is 17.4 Å². The lowest BCUT2D eigenvalue weighted by Crippen LogP contribution is -2.19. The number of anilines is 2. The molecule has 166 valence electrons. The minimum absolute atomic E-state index is 0.0856. The van der Waals surface area contributed by atoms with E-state index in [9.17, 15) is 4.79 Å². The van der Waals surface area contributed by atoms with Crippen molar-refractivity contribution in [3.8, 4) is 28.7 Å². The van der Waals surface area contributed by atoms with Crippen molar-refractivity contribution in [2.24, 2.45) is 7.05 Å². The van der Waals surface area contributed by atoms with E-state index in [4.69, 9.17) is 9.78 Å². The van der Waals surface area contributed by atoms with Crippen molar-refractivity contribution in [1.29, 1.82) is 5.26 Å². The van der Waals surface area contributed by atoms with Crippen LogP contribution in [0.3, 0.4) is 0 Å². The lowest BCUT2D eigenvalue weighted by molar-refractivity contribution is 0.433. The highest BCUT2D eigenvalue weighted by Crippen LogP contribution is 2.28. The lowest BCUT2D eigenvalue weighted by atomic mass is 9.99. The molecule has 0 amide bonds. The van der Waals surface area contributed by atoms with Gasteiger partial charge in [0, 0.05) is 41.1 Å². The van der Waals surface area contributed by atoms with Gasteiger partial charge in [0.15, 0.2) is 0 Å². The summed E-state index contributed by atoms with van der Waals surface area (Å²) in [5, 5.41) is 17.1. The molecule has 0 aliphatic carbocycles. The highest BCUT2D eigenvalue weighted by Gasteiger charge is 2.14. The van der Waals surface area contributed by atoms with Gasteiger partial charge in [-0.15, -0.1) is 0 Å². The number of aryl methyl sites for hydroxylation is 3. The summed E-state index contributed by atoms with van der Waals surface area (Å²) in [6.45, 7) is 3.87. The van der Waals surface area contributed by atoms with Gasteiger partial charge in [-0.1, -0.05) is 12.1 Å². The number of hydrogen-bond acceptors (Lipinski definition) is 7. The zero-order valence-corrected chi connectivity index (χ0v) is 18.8. The molecule has 3 heterocycles. The number of benzene rings is 2. The Bertz CT molecular complexity index is 1660. The van der Waals surface area contributed by atoms with Crippen LogP contribution in [0.1, 0.15) is 16.8 Å². The number of nitriles is 1. The first kappa shape index (κ1) is 21.1. The van der Waals surface area contributed by atoms with Crippen LogP contribution < -0.4 is 10.9 Å². The molecule has 5 aromatic rings. The predicted octanol–water partition coefficient (Wildman–Crippen LogP) is 4.88. The molecule has 3 aromatic heterocycles. The maximum Gasteiger partial charge on any atom is 0.268 e. The number of aromatic nitrogens is 4. The van der Waals surface area contributed by atoms with Gasteiger partial charge in [-0.05, 0) is 72.6 Å². The first-order valence-electron chi connectivity index (χ1n) is 10.6. The Morgan fingerprint density at radius 1 is 1.06 bits per heavy atom. The predicted molar refractivity (Wildman–Crippen MR) is 130 cm³/mol. The van der Waals surface area contributed by atoms with E-state index in [2.05, 4.69) is 26.5 Å². The summed E-state index contributed by atoms with van der Waals surface area (Å²) < 4.78 is 7.01. The second kappa shape index (κ2) is 8.30. The van der Waals surface area contributed by atoms with Crippen LogP contribution in [-0.4, -0.2) is 19.7 Å². The second-order valence-electron chi connectivity index (χ2n) is 8.08. The number of hydrogen-bond donors (Lipinski definition) is 1. The summed E-state index contributed by atoms with van der Waals surface area (Å²) >= 11 is 0. The monoisotopic (exact) mass is 448 g/mol. The molecular weight excluding hydrogens is 428 g/mol. The number of nitrogens with zero attached hydrogens (tertiary/aromatic N) is 5. The molecule has 0 radical (unpaired) electrons. The Hall–Kier alpha value is -4.77. The molecule has 0 fully saturated rings. The van der Waals surface area contributed by atoms with Gasteiger partial charge in [-0.25, -0.2) is 0 Å².